The van der Waals surface area contributed by atoms with Gasteiger partial charge in [0.25, 0.3) is 0 Å². The third kappa shape index (κ3) is 4.47. The Kier molecular flexibility index (Phi) is 4.11. The van der Waals surface area contributed by atoms with E-state index in [1.54, 1.807) is 0 Å². The Hall–Kier alpha value is -1.31. The molecule has 1 atom stereocenters. The lowest BCUT2D eigenvalue weighted by Gasteiger charge is -2.21. The number of benzene rings is 1. The molecule has 2 nitrogen and oxygen atoms in total. The summed E-state index contributed by atoms with van der Waals surface area (Å²) in [6.07, 6.45) is 0.432. The van der Waals surface area contributed by atoms with E-state index in [0.29, 0.717) is 6.42 Å². The Balaban J connectivity index is 2.52. The van der Waals surface area contributed by atoms with E-state index in [4.69, 9.17) is 4.74 Å². The van der Waals surface area contributed by atoms with Crippen molar-refractivity contribution in [2.45, 2.75) is 45.6 Å². The molecular weight excluding hydrogens is 200 g/mol. The molecule has 0 spiro atoms. The van der Waals surface area contributed by atoms with Gasteiger partial charge in [0.1, 0.15) is 5.60 Å². The summed E-state index contributed by atoms with van der Waals surface area (Å²) in [4.78, 5) is 11.6. The molecule has 0 saturated heterocycles. The predicted octanol–water partition coefficient (Wildman–Crippen LogP) is 3.52. The normalized spacial score (nSPS) is 13.2. The van der Waals surface area contributed by atoms with Gasteiger partial charge in [-0.05, 0) is 32.3 Å². The quantitative estimate of drug-likeness (QED) is 0.728. The predicted molar refractivity (Wildman–Crippen MR) is 65.3 cm³/mol. The Labute approximate surface area is 97.6 Å². The van der Waals surface area contributed by atoms with Crippen LogP contribution in [0.3, 0.4) is 0 Å². The topological polar surface area (TPSA) is 26.3 Å². The molecule has 0 saturated carbocycles. The van der Waals surface area contributed by atoms with Crippen LogP contribution in [0.1, 0.15) is 45.6 Å². The average molecular weight is 220 g/mol. The minimum absolute atomic E-state index is 0.135. The van der Waals surface area contributed by atoms with E-state index in [1.807, 2.05) is 58.0 Å². The summed E-state index contributed by atoms with van der Waals surface area (Å²) in [7, 11) is 0. The molecule has 0 N–H and O–H groups in total. The van der Waals surface area contributed by atoms with Gasteiger partial charge in [0, 0.05) is 0 Å². The van der Waals surface area contributed by atoms with Gasteiger partial charge >= 0.3 is 5.97 Å². The summed E-state index contributed by atoms with van der Waals surface area (Å²) in [6, 6.07) is 10.0. The van der Waals surface area contributed by atoms with Gasteiger partial charge in [-0.25, -0.2) is 0 Å². The van der Waals surface area contributed by atoms with Crippen molar-refractivity contribution in [1.29, 1.82) is 0 Å². The molecule has 16 heavy (non-hydrogen) atoms. The lowest BCUT2D eigenvalue weighted by atomic mass is 9.98. The Bertz CT molecular complexity index is 336. The SMILES string of the molecule is CC(CC(=O)OC(C)(C)C)c1ccccc1. The minimum Gasteiger partial charge on any atom is -0.460 e. The second kappa shape index (κ2) is 5.15. The zero-order valence-electron chi connectivity index (χ0n) is 10.5. The largest absolute Gasteiger partial charge is 0.460 e. The number of ether oxygens (including phenoxy) is 1. The van der Waals surface area contributed by atoms with E-state index < -0.39 is 5.60 Å². The first-order valence-corrected chi connectivity index (χ1v) is 5.65. The van der Waals surface area contributed by atoms with Crippen molar-refractivity contribution in [3.63, 3.8) is 0 Å². The summed E-state index contributed by atoms with van der Waals surface area (Å²) in [6.45, 7) is 7.70. The number of esters is 1. The number of rotatable bonds is 3. The third-order valence-corrected chi connectivity index (χ3v) is 2.26. The fourth-order valence-electron chi connectivity index (χ4n) is 1.53. The van der Waals surface area contributed by atoms with Crippen LogP contribution in [0.2, 0.25) is 0 Å². The maximum Gasteiger partial charge on any atom is 0.306 e. The highest BCUT2D eigenvalue weighted by Crippen LogP contribution is 2.20. The van der Waals surface area contributed by atoms with Crippen LogP contribution in [0.4, 0.5) is 0 Å². The van der Waals surface area contributed by atoms with Crippen LogP contribution in [0, 0.1) is 0 Å². The molecule has 0 heterocycles. The molecule has 1 rings (SSSR count). The average Bonchev–Trinajstić information content (AvgIpc) is 2.16. The van der Waals surface area contributed by atoms with Gasteiger partial charge in [-0.15, -0.1) is 0 Å². The van der Waals surface area contributed by atoms with E-state index in [-0.39, 0.29) is 11.9 Å². The Morgan fingerprint density at radius 2 is 1.81 bits per heavy atom. The smallest absolute Gasteiger partial charge is 0.306 e. The summed E-state index contributed by atoms with van der Waals surface area (Å²) >= 11 is 0. The standard InChI is InChI=1S/C14H20O2/c1-11(12-8-6-5-7-9-12)10-13(15)16-14(2,3)4/h5-9,11H,10H2,1-4H3. The molecule has 0 radical (unpaired) electrons. The molecule has 0 fully saturated rings. The van der Waals surface area contributed by atoms with Gasteiger partial charge in [0.15, 0.2) is 0 Å². The van der Waals surface area contributed by atoms with Gasteiger partial charge in [-0.3, -0.25) is 4.79 Å². The lowest BCUT2D eigenvalue weighted by Crippen LogP contribution is -2.24. The molecule has 0 aliphatic carbocycles. The molecule has 0 aliphatic rings. The molecule has 0 amide bonds. The molecule has 1 aromatic rings. The van der Waals surface area contributed by atoms with Crippen molar-refractivity contribution in [3.05, 3.63) is 35.9 Å². The summed E-state index contributed by atoms with van der Waals surface area (Å²) in [5, 5.41) is 0. The van der Waals surface area contributed by atoms with E-state index in [1.165, 1.54) is 5.56 Å². The molecule has 1 aromatic carbocycles. The number of carbonyl (C=O) groups is 1. The molecular formula is C14H20O2. The highest BCUT2D eigenvalue weighted by molar-refractivity contribution is 5.71. The molecule has 0 aliphatic heterocycles. The zero-order valence-corrected chi connectivity index (χ0v) is 10.5. The minimum atomic E-state index is -0.395. The van der Waals surface area contributed by atoms with Gasteiger partial charge in [-0.2, -0.15) is 0 Å². The number of carbonyl (C=O) groups excluding carboxylic acids is 1. The van der Waals surface area contributed by atoms with Crippen molar-refractivity contribution in [3.8, 4) is 0 Å². The third-order valence-electron chi connectivity index (χ3n) is 2.26. The molecule has 88 valence electrons. The van der Waals surface area contributed by atoms with E-state index >= 15 is 0 Å². The Morgan fingerprint density at radius 1 is 1.25 bits per heavy atom. The summed E-state index contributed by atoms with van der Waals surface area (Å²) < 4.78 is 5.29. The summed E-state index contributed by atoms with van der Waals surface area (Å²) in [5.41, 5.74) is 0.779. The van der Waals surface area contributed by atoms with Crippen LogP contribution < -0.4 is 0 Å². The second-order valence-corrected chi connectivity index (χ2v) is 5.10. The van der Waals surface area contributed by atoms with Crippen molar-refractivity contribution < 1.29 is 9.53 Å². The van der Waals surface area contributed by atoms with Crippen LogP contribution in [0.15, 0.2) is 30.3 Å². The zero-order chi connectivity index (χ0) is 12.2. The Morgan fingerprint density at radius 3 is 2.31 bits per heavy atom. The first-order valence-electron chi connectivity index (χ1n) is 5.65. The highest BCUT2D eigenvalue weighted by atomic mass is 16.6. The van der Waals surface area contributed by atoms with Crippen LogP contribution in [0.25, 0.3) is 0 Å². The molecule has 0 bridgehead atoms. The molecule has 0 aromatic heterocycles. The highest BCUT2D eigenvalue weighted by Gasteiger charge is 2.18. The number of hydrogen-bond acceptors (Lipinski definition) is 2. The first kappa shape index (κ1) is 12.8. The van der Waals surface area contributed by atoms with E-state index in [9.17, 15) is 4.79 Å². The maximum absolute atomic E-state index is 11.6. The van der Waals surface area contributed by atoms with Crippen LogP contribution in [-0.2, 0) is 9.53 Å². The van der Waals surface area contributed by atoms with Crippen molar-refractivity contribution in [2.75, 3.05) is 0 Å². The van der Waals surface area contributed by atoms with Gasteiger partial charge in [0.05, 0.1) is 6.42 Å². The van der Waals surface area contributed by atoms with Crippen LogP contribution >= 0.6 is 0 Å². The first-order chi connectivity index (χ1) is 7.38. The maximum atomic E-state index is 11.6. The summed E-state index contributed by atoms with van der Waals surface area (Å²) in [5.74, 6) is 0.0694. The molecule has 1 unspecified atom stereocenters. The van der Waals surface area contributed by atoms with Gasteiger partial charge in [-0.1, -0.05) is 37.3 Å². The monoisotopic (exact) mass is 220 g/mol. The van der Waals surface area contributed by atoms with Crippen molar-refractivity contribution >= 4 is 5.97 Å². The second-order valence-electron chi connectivity index (χ2n) is 5.10. The van der Waals surface area contributed by atoms with Crippen molar-refractivity contribution in [2.24, 2.45) is 0 Å². The van der Waals surface area contributed by atoms with Gasteiger partial charge in [0.2, 0.25) is 0 Å². The molecule has 2 heteroatoms. The van der Waals surface area contributed by atoms with Crippen LogP contribution in [-0.4, -0.2) is 11.6 Å². The van der Waals surface area contributed by atoms with E-state index in [0.717, 1.165) is 0 Å². The van der Waals surface area contributed by atoms with E-state index in [2.05, 4.69) is 0 Å². The number of hydrogen-bond donors (Lipinski definition) is 0. The lowest BCUT2D eigenvalue weighted by molar-refractivity contribution is -0.155. The fourth-order valence-corrected chi connectivity index (χ4v) is 1.53. The van der Waals surface area contributed by atoms with Crippen LogP contribution in [0.5, 0.6) is 0 Å². The fraction of sp³-hybridized carbons (Fsp3) is 0.500. The van der Waals surface area contributed by atoms with Crippen molar-refractivity contribution in [1.82, 2.24) is 0 Å². The van der Waals surface area contributed by atoms with Gasteiger partial charge < -0.3 is 4.74 Å².